The maximum absolute atomic E-state index is 2.45. The Hall–Kier alpha value is -1.82. The van der Waals surface area contributed by atoms with Gasteiger partial charge in [0.2, 0.25) is 0 Å². The van der Waals surface area contributed by atoms with Crippen LogP contribution < -0.4 is 0 Å². The van der Waals surface area contributed by atoms with Crippen LogP contribution in [0.25, 0.3) is 17.2 Å². The SMILES string of the molecule is Cc1ccc2c(c1-c1ccccc1C(C)C)C=C(C(C)(C)C)C2. The second kappa shape index (κ2) is 5.67. The molecule has 1 aliphatic carbocycles. The Labute approximate surface area is 141 Å². The first-order valence-electron chi connectivity index (χ1n) is 8.72. The van der Waals surface area contributed by atoms with Crippen LogP contribution >= 0.6 is 0 Å². The van der Waals surface area contributed by atoms with Gasteiger partial charge in [-0.25, -0.2) is 0 Å². The van der Waals surface area contributed by atoms with Crippen molar-refractivity contribution in [1.29, 1.82) is 0 Å². The summed E-state index contributed by atoms with van der Waals surface area (Å²) >= 11 is 0. The van der Waals surface area contributed by atoms with Crippen molar-refractivity contribution >= 4 is 6.08 Å². The smallest absolute Gasteiger partial charge is 0.00523 e. The topological polar surface area (TPSA) is 0 Å². The van der Waals surface area contributed by atoms with Crippen LogP contribution in [0, 0.1) is 12.3 Å². The predicted molar refractivity (Wildman–Crippen MR) is 102 cm³/mol. The summed E-state index contributed by atoms with van der Waals surface area (Å²) < 4.78 is 0. The van der Waals surface area contributed by atoms with E-state index in [1.54, 1.807) is 5.57 Å². The lowest BCUT2D eigenvalue weighted by molar-refractivity contribution is 0.498. The summed E-state index contributed by atoms with van der Waals surface area (Å²) in [6, 6.07) is 13.5. The molecule has 3 rings (SSSR count). The highest BCUT2D eigenvalue weighted by Crippen LogP contribution is 2.43. The fourth-order valence-corrected chi connectivity index (χ4v) is 3.59. The van der Waals surface area contributed by atoms with Crippen molar-refractivity contribution in [3.05, 3.63) is 64.2 Å². The second-order valence-corrected chi connectivity index (χ2v) is 8.17. The molecule has 2 aromatic rings. The van der Waals surface area contributed by atoms with Gasteiger partial charge < -0.3 is 0 Å². The molecule has 0 bridgehead atoms. The Morgan fingerprint density at radius 1 is 0.957 bits per heavy atom. The Morgan fingerprint density at radius 3 is 2.30 bits per heavy atom. The maximum atomic E-state index is 2.45. The fourth-order valence-electron chi connectivity index (χ4n) is 3.59. The molecule has 0 aliphatic heterocycles. The van der Waals surface area contributed by atoms with Crippen LogP contribution in [0.3, 0.4) is 0 Å². The Balaban J connectivity index is 2.24. The molecule has 23 heavy (non-hydrogen) atoms. The molecule has 0 spiro atoms. The van der Waals surface area contributed by atoms with Crippen LogP contribution in [0.4, 0.5) is 0 Å². The summed E-state index contributed by atoms with van der Waals surface area (Å²) in [6.45, 7) is 13.8. The van der Waals surface area contributed by atoms with Crippen molar-refractivity contribution in [1.82, 2.24) is 0 Å². The second-order valence-electron chi connectivity index (χ2n) is 8.17. The van der Waals surface area contributed by atoms with Gasteiger partial charge in [-0.05, 0) is 58.1 Å². The van der Waals surface area contributed by atoms with Gasteiger partial charge in [-0.1, -0.05) is 82.7 Å². The van der Waals surface area contributed by atoms with Crippen molar-refractivity contribution in [2.45, 2.75) is 53.9 Å². The highest BCUT2D eigenvalue weighted by Gasteiger charge is 2.26. The lowest BCUT2D eigenvalue weighted by Gasteiger charge is -2.19. The van der Waals surface area contributed by atoms with E-state index in [2.05, 4.69) is 84.0 Å². The van der Waals surface area contributed by atoms with Gasteiger partial charge in [0, 0.05) is 0 Å². The molecular weight excluding hydrogens is 276 g/mol. The van der Waals surface area contributed by atoms with Crippen molar-refractivity contribution in [3.8, 4) is 11.1 Å². The molecule has 0 amide bonds. The zero-order chi connectivity index (χ0) is 16.8. The third kappa shape index (κ3) is 2.87. The minimum atomic E-state index is 0.238. The molecule has 0 fully saturated rings. The zero-order valence-corrected chi connectivity index (χ0v) is 15.3. The first-order valence-corrected chi connectivity index (χ1v) is 8.72. The predicted octanol–water partition coefficient (Wildman–Crippen LogP) is 6.77. The molecule has 0 saturated carbocycles. The molecule has 2 aromatic carbocycles. The highest BCUT2D eigenvalue weighted by molar-refractivity contribution is 5.85. The maximum Gasteiger partial charge on any atom is -0.00523 e. The quantitative estimate of drug-likeness (QED) is 0.574. The monoisotopic (exact) mass is 304 g/mol. The molecule has 0 aromatic heterocycles. The molecule has 120 valence electrons. The Kier molecular flexibility index (Phi) is 3.96. The van der Waals surface area contributed by atoms with E-state index in [0.29, 0.717) is 5.92 Å². The van der Waals surface area contributed by atoms with Gasteiger partial charge in [0.15, 0.2) is 0 Å². The van der Waals surface area contributed by atoms with E-state index in [9.17, 15) is 0 Å². The largest absolute Gasteiger partial charge is 0.0619 e. The van der Waals surface area contributed by atoms with E-state index in [1.807, 2.05) is 0 Å². The van der Waals surface area contributed by atoms with Crippen LogP contribution in [0.1, 0.15) is 62.8 Å². The third-order valence-corrected chi connectivity index (χ3v) is 5.06. The van der Waals surface area contributed by atoms with E-state index in [4.69, 9.17) is 0 Å². The summed E-state index contributed by atoms with van der Waals surface area (Å²) in [5, 5.41) is 0. The van der Waals surface area contributed by atoms with Crippen molar-refractivity contribution in [2.75, 3.05) is 0 Å². The number of hydrogen-bond acceptors (Lipinski definition) is 0. The molecule has 0 radical (unpaired) electrons. The highest BCUT2D eigenvalue weighted by atomic mass is 14.3. The lowest BCUT2D eigenvalue weighted by Crippen LogP contribution is -2.08. The number of hydrogen-bond donors (Lipinski definition) is 0. The normalized spacial score (nSPS) is 14.1. The molecule has 0 saturated heterocycles. The van der Waals surface area contributed by atoms with Crippen molar-refractivity contribution < 1.29 is 0 Å². The van der Waals surface area contributed by atoms with Crippen LogP contribution in [-0.2, 0) is 6.42 Å². The molecule has 1 aliphatic rings. The van der Waals surface area contributed by atoms with Gasteiger partial charge in [0.05, 0.1) is 0 Å². The average Bonchev–Trinajstić information content (AvgIpc) is 2.91. The van der Waals surface area contributed by atoms with Gasteiger partial charge in [-0.2, -0.15) is 0 Å². The van der Waals surface area contributed by atoms with Gasteiger partial charge in [-0.15, -0.1) is 0 Å². The first kappa shape index (κ1) is 16.1. The van der Waals surface area contributed by atoms with Crippen LogP contribution in [-0.4, -0.2) is 0 Å². The molecule has 0 heteroatoms. The van der Waals surface area contributed by atoms with Gasteiger partial charge in [-0.3, -0.25) is 0 Å². The summed E-state index contributed by atoms with van der Waals surface area (Å²) in [4.78, 5) is 0. The molecular formula is C23H28. The van der Waals surface area contributed by atoms with E-state index < -0.39 is 0 Å². The number of fused-ring (bicyclic) bond motifs is 1. The van der Waals surface area contributed by atoms with E-state index in [1.165, 1.54) is 33.4 Å². The van der Waals surface area contributed by atoms with E-state index in [-0.39, 0.29) is 5.41 Å². The standard InChI is InChI=1S/C23H28/c1-15(2)19-9-7-8-10-20(19)22-16(3)11-12-17-13-18(14-21(17)22)23(4,5)6/h7-12,14-15H,13H2,1-6H3. The Bertz CT molecular complexity index is 767. The number of aryl methyl sites for hydroxylation is 1. The van der Waals surface area contributed by atoms with Gasteiger partial charge in [0.1, 0.15) is 0 Å². The van der Waals surface area contributed by atoms with Crippen LogP contribution in [0.5, 0.6) is 0 Å². The van der Waals surface area contributed by atoms with Crippen molar-refractivity contribution in [2.24, 2.45) is 5.41 Å². The van der Waals surface area contributed by atoms with Gasteiger partial charge >= 0.3 is 0 Å². The first-order chi connectivity index (χ1) is 10.8. The summed E-state index contributed by atoms with van der Waals surface area (Å²) in [5.41, 5.74) is 10.4. The lowest BCUT2D eigenvalue weighted by atomic mass is 9.85. The fraction of sp³-hybridized carbons (Fsp3) is 0.391. The summed E-state index contributed by atoms with van der Waals surface area (Å²) in [6.07, 6.45) is 3.55. The van der Waals surface area contributed by atoms with E-state index >= 15 is 0 Å². The van der Waals surface area contributed by atoms with Gasteiger partial charge in [0.25, 0.3) is 0 Å². The van der Waals surface area contributed by atoms with E-state index in [0.717, 1.165) is 6.42 Å². The minimum absolute atomic E-state index is 0.238. The zero-order valence-electron chi connectivity index (χ0n) is 15.3. The molecule has 0 N–H and O–H groups in total. The third-order valence-electron chi connectivity index (χ3n) is 5.06. The molecule has 0 atom stereocenters. The van der Waals surface area contributed by atoms with Crippen molar-refractivity contribution in [3.63, 3.8) is 0 Å². The molecule has 0 nitrogen and oxygen atoms in total. The number of benzene rings is 2. The number of allylic oxidation sites excluding steroid dienone is 1. The average molecular weight is 304 g/mol. The molecule has 0 unspecified atom stereocenters. The summed E-state index contributed by atoms with van der Waals surface area (Å²) in [5.74, 6) is 0.536. The Morgan fingerprint density at radius 2 is 1.65 bits per heavy atom. The summed E-state index contributed by atoms with van der Waals surface area (Å²) in [7, 11) is 0. The number of rotatable bonds is 2. The minimum Gasteiger partial charge on any atom is -0.0619 e. The molecule has 0 heterocycles. The van der Waals surface area contributed by atoms with Crippen LogP contribution in [0.2, 0.25) is 0 Å². The van der Waals surface area contributed by atoms with Crippen LogP contribution in [0.15, 0.2) is 42.0 Å².